The van der Waals surface area contributed by atoms with E-state index in [4.69, 9.17) is 9.47 Å². The van der Waals surface area contributed by atoms with E-state index in [2.05, 4.69) is 17.1 Å². The van der Waals surface area contributed by atoms with Crippen molar-refractivity contribution in [3.8, 4) is 0 Å². The summed E-state index contributed by atoms with van der Waals surface area (Å²) >= 11 is 0. The van der Waals surface area contributed by atoms with Crippen LogP contribution in [0.1, 0.15) is 37.7 Å². The molecule has 0 spiro atoms. The molecule has 2 aromatic rings. The summed E-state index contributed by atoms with van der Waals surface area (Å²) in [6, 6.07) is 12.6. The maximum Gasteiger partial charge on any atom is 0.304 e. The van der Waals surface area contributed by atoms with Gasteiger partial charge in [-0.3, -0.25) is 4.79 Å². The average Bonchev–Trinajstić information content (AvgIpc) is 2.77. The summed E-state index contributed by atoms with van der Waals surface area (Å²) in [5.74, 6) is -1.42. The first kappa shape index (κ1) is 23.0. The van der Waals surface area contributed by atoms with E-state index in [0.717, 1.165) is 55.2 Å². The van der Waals surface area contributed by atoms with Crippen LogP contribution in [0.4, 0.5) is 21.5 Å². The first-order valence-electron chi connectivity index (χ1n) is 10.7. The zero-order chi connectivity index (χ0) is 22.2. The predicted molar refractivity (Wildman–Crippen MR) is 120 cm³/mol. The number of anilines is 3. The van der Waals surface area contributed by atoms with E-state index in [-0.39, 0.29) is 18.2 Å². The first-order valence-corrected chi connectivity index (χ1v) is 10.7. The largest absolute Gasteiger partial charge is 0.481 e. The topological polar surface area (TPSA) is 71.0 Å². The van der Waals surface area contributed by atoms with Gasteiger partial charge in [0, 0.05) is 44.5 Å². The smallest absolute Gasteiger partial charge is 0.304 e. The summed E-state index contributed by atoms with van der Waals surface area (Å²) < 4.78 is 24.2. The molecule has 1 atom stereocenters. The zero-order valence-corrected chi connectivity index (χ0v) is 18.1. The molecule has 168 valence electrons. The molecule has 0 aromatic heterocycles. The molecular formula is C24H31FN2O4. The Labute approximate surface area is 183 Å². The normalized spacial score (nSPS) is 15.5. The minimum atomic E-state index is -0.864. The molecule has 7 heteroatoms. The third-order valence-electron chi connectivity index (χ3n) is 5.69. The van der Waals surface area contributed by atoms with Crippen LogP contribution >= 0.6 is 0 Å². The highest BCUT2D eigenvalue weighted by Gasteiger charge is 2.24. The molecule has 2 N–H and O–H groups in total. The summed E-state index contributed by atoms with van der Waals surface area (Å²) in [6.45, 7) is 4.77. The molecule has 2 aromatic carbocycles. The number of methoxy groups -OCH3 is 1. The maximum atomic E-state index is 13.4. The van der Waals surface area contributed by atoms with E-state index >= 15 is 0 Å². The molecular weight excluding hydrogens is 399 g/mol. The Hall–Kier alpha value is -2.64. The molecule has 31 heavy (non-hydrogen) atoms. The second-order valence-corrected chi connectivity index (χ2v) is 7.79. The molecule has 1 aliphatic heterocycles. The molecule has 0 radical (unpaired) electrons. The standard InChI is InChI=1S/C24H31FN2O4/c1-3-27(21-10-12-31-13-11-21)23-9-4-17(18(16-30-2)15-24(28)29)14-22(23)26-20-7-5-19(25)6-8-20/h4-9,14,18,21,26H,3,10-13,15-16H2,1-2H3,(H,28,29). The van der Waals surface area contributed by atoms with Crippen LogP contribution < -0.4 is 10.2 Å². The molecule has 1 unspecified atom stereocenters. The first-order chi connectivity index (χ1) is 15.0. The number of nitrogens with one attached hydrogen (secondary N) is 1. The molecule has 3 rings (SSSR count). The number of carboxylic acid groups (broad SMARTS) is 1. The summed E-state index contributed by atoms with van der Waals surface area (Å²) in [6.07, 6.45) is 1.90. The number of nitrogens with zero attached hydrogens (tertiary/aromatic N) is 1. The van der Waals surface area contributed by atoms with Gasteiger partial charge in [-0.15, -0.1) is 0 Å². The fourth-order valence-corrected chi connectivity index (χ4v) is 4.15. The van der Waals surface area contributed by atoms with Crippen molar-refractivity contribution in [1.29, 1.82) is 0 Å². The van der Waals surface area contributed by atoms with Crippen molar-refractivity contribution >= 4 is 23.0 Å². The Kier molecular flexibility index (Phi) is 8.26. The predicted octanol–water partition coefficient (Wildman–Crippen LogP) is 4.78. The number of ether oxygens (including phenoxy) is 2. The lowest BCUT2D eigenvalue weighted by molar-refractivity contribution is -0.137. The van der Waals surface area contributed by atoms with E-state index in [1.165, 1.54) is 12.1 Å². The van der Waals surface area contributed by atoms with Crippen LogP contribution in [0.2, 0.25) is 0 Å². The average molecular weight is 431 g/mol. The van der Waals surface area contributed by atoms with Gasteiger partial charge in [-0.25, -0.2) is 4.39 Å². The Morgan fingerprint density at radius 2 is 1.97 bits per heavy atom. The van der Waals surface area contributed by atoms with E-state index in [1.807, 2.05) is 18.2 Å². The van der Waals surface area contributed by atoms with Gasteiger partial charge in [0.2, 0.25) is 0 Å². The van der Waals surface area contributed by atoms with Crippen molar-refractivity contribution in [1.82, 2.24) is 0 Å². The van der Waals surface area contributed by atoms with Crippen LogP contribution in [0, 0.1) is 5.82 Å². The highest BCUT2D eigenvalue weighted by Crippen LogP contribution is 2.35. The Bertz CT molecular complexity index is 853. The number of aliphatic carboxylic acids is 1. The van der Waals surface area contributed by atoms with Gasteiger partial charge >= 0.3 is 5.97 Å². The number of benzene rings is 2. The highest BCUT2D eigenvalue weighted by atomic mass is 19.1. The SMILES string of the molecule is CCN(c1ccc(C(COC)CC(=O)O)cc1Nc1ccc(F)cc1)C1CCOCC1. The molecule has 0 saturated carbocycles. The van der Waals surface area contributed by atoms with Gasteiger partial charge in [-0.2, -0.15) is 0 Å². The molecule has 0 bridgehead atoms. The second kappa shape index (κ2) is 11.1. The van der Waals surface area contributed by atoms with Crippen LogP contribution in [0.25, 0.3) is 0 Å². The zero-order valence-electron chi connectivity index (χ0n) is 18.1. The Morgan fingerprint density at radius 3 is 2.58 bits per heavy atom. The van der Waals surface area contributed by atoms with Crippen LogP contribution in [0.3, 0.4) is 0 Å². The van der Waals surface area contributed by atoms with Crippen molar-refractivity contribution in [3.63, 3.8) is 0 Å². The van der Waals surface area contributed by atoms with Gasteiger partial charge in [-0.05, 0) is 61.7 Å². The van der Waals surface area contributed by atoms with Gasteiger partial charge in [0.25, 0.3) is 0 Å². The number of hydrogen-bond acceptors (Lipinski definition) is 5. The second-order valence-electron chi connectivity index (χ2n) is 7.79. The number of rotatable bonds is 10. The van der Waals surface area contributed by atoms with E-state index < -0.39 is 5.97 Å². The van der Waals surface area contributed by atoms with Crippen molar-refractivity contribution in [2.24, 2.45) is 0 Å². The summed E-state index contributed by atoms with van der Waals surface area (Å²) in [5.41, 5.74) is 3.56. The van der Waals surface area contributed by atoms with Gasteiger partial charge in [0.1, 0.15) is 5.82 Å². The fourth-order valence-electron chi connectivity index (χ4n) is 4.15. The fraction of sp³-hybridized carbons (Fsp3) is 0.458. The lowest BCUT2D eigenvalue weighted by atomic mass is 9.95. The van der Waals surface area contributed by atoms with Crippen molar-refractivity contribution in [2.75, 3.05) is 43.7 Å². The molecule has 1 saturated heterocycles. The van der Waals surface area contributed by atoms with Gasteiger partial charge in [0.15, 0.2) is 0 Å². The monoisotopic (exact) mass is 430 g/mol. The number of halogens is 1. The molecule has 1 heterocycles. The van der Waals surface area contributed by atoms with Crippen molar-refractivity contribution in [2.45, 2.75) is 38.1 Å². The summed E-state index contributed by atoms with van der Waals surface area (Å²) in [7, 11) is 1.57. The minimum absolute atomic E-state index is 0.0133. The van der Waals surface area contributed by atoms with Crippen LogP contribution in [0.5, 0.6) is 0 Å². The maximum absolute atomic E-state index is 13.4. The molecule has 0 amide bonds. The summed E-state index contributed by atoms with van der Waals surface area (Å²) in [5, 5.41) is 12.7. The van der Waals surface area contributed by atoms with Gasteiger partial charge in [-0.1, -0.05) is 6.07 Å². The Balaban J connectivity index is 1.99. The van der Waals surface area contributed by atoms with Crippen LogP contribution in [-0.2, 0) is 14.3 Å². The quantitative estimate of drug-likeness (QED) is 0.565. The van der Waals surface area contributed by atoms with Gasteiger partial charge in [0.05, 0.1) is 24.4 Å². The van der Waals surface area contributed by atoms with E-state index in [9.17, 15) is 14.3 Å². The van der Waals surface area contributed by atoms with Gasteiger partial charge < -0.3 is 24.8 Å². The lowest BCUT2D eigenvalue weighted by Gasteiger charge is -2.37. The molecule has 1 fully saturated rings. The Morgan fingerprint density at radius 1 is 1.26 bits per heavy atom. The van der Waals surface area contributed by atoms with Crippen LogP contribution in [-0.4, -0.2) is 50.6 Å². The molecule has 6 nitrogen and oxygen atoms in total. The molecule has 1 aliphatic rings. The van der Waals surface area contributed by atoms with E-state index in [1.54, 1.807) is 19.2 Å². The number of carboxylic acids is 1. The minimum Gasteiger partial charge on any atom is -0.481 e. The number of carbonyl (C=O) groups is 1. The lowest BCUT2D eigenvalue weighted by Crippen LogP contribution is -2.39. The summed E-state index contributed by atoms with van der Waals surface area (Å²) in [4.78, 5) is 13.7. The molecule has 0 aliphatic carbocycles. The van der Waals surface area contributed by atoms with Crippen molar-refractivity contribution in [3.05, 3.63) is 53.8 Å². The number of hydrogen-bond donors (Lipinski definition) is 2. The van der Waals surface area contributed by atoms with Crippen molar-refractivity contribution < 1.29 is 23.8 Å². The van der Waals surface area contributed by atoms with E-state index in [0.29, 0.717) is 12.6 Å². The third-order valence-corrected chi connectivity index (χ3v) is 5.69. The highest BCUT2D eigenvalue weighted by molar-refractivity contribution is 5.77. The third kappa shape index (κ3) is 6.18. The van der Waals surface area contributed by atoms with Crippen LogP contribution in [0.15, 0.2) is 42.5 Å².